The highest BCUT2D eigenvalue weighted by atomic mass is 35.5. The smallest absolute Gasteiger partial charge is 0.183 e. The summed E-state index contributed by atoms with van der Waals surface area (Å²) in [6.07, 6.45) is 6.42. The van der Waals surface area contributed by atoms with Crippen LogP contribution in [-0.4, -0.2) is 44.2 Å². The molecule has 2 nitrogen and oxygen atoms in total. The van der Waals surface area contributed by atoms with Gasteiger partial charge in [-0.1, -0.05) is 68.5 Å². The van der Waals surface area contributed by atoms with Gasteiger partial charge in [0.2, 0.25) is 0 Å². The summed E-state index contributed by atoms with van der Waals surface area (Å²) >= 11 is 13.9. The van der Waals surface area contributed by atoms with Crippen LogP contribution in [0.25, 0.3) is 0 Å². The number of allylic oxidation sites excluding steroid dienone is 8. The Balaban J connectivity index is 2.42. The van der Waals surface area contributed by atoms with Crippen molar-refractivity contribution in [2.75, 3.05) is 0 Å². The SMILES string of the molecule is CC(C1=CCC(Cl)=C1[Si](C)(C)C(C)O[Si](C)(C)C)C1=CCC(Cl)=C1[Si](C)(C)C(C)O[Si](C)(C)C. The molecule has 0 aliphatic heterocycles. The van der Waals surface area contributed by atoms with Gasteiger partial charge in [0.25, 0.3) is 0 Å². The topological polar surface area (TPSA) is 18.5 Å². The first-order valence-electron chi connectivity index (χ1n) is 12.7. The standard InChI is InChI=1S/C26H48Cl2O2Si4/c1-18(21-14-16-23(27)25(21)33(10,11)19(2)29-31(4,5)6)22-15-17-24(28)26(22)34(12,13)20(3)30-32(7,8)9/h14-15,18-20H,16-17H2,1-13H3. The van der Waals surface area contributed by atoms with Gasteiger partial charge in [0.1, 0.15) is 16.1 Å². The van der Waals surface area contributed by atoms with E-state index in [0.717, 1.165) is 22.9 Å². The minimum atomic E-state index is -1.95. The molecule has 0 heterocycles. The second-order valence-electron chi connectivity index (χ2n) is 13.2. The van der Waals surface area contributed by atoms with Gasteiger partial charge in [-0.3, -0.25) is 0 Å². The number of halogens is 2. The van der Waals surface area contributed by atoms with E-state index in [1.165, 1.54) is 21.5 Å². The fraction of sp³-hybridized carbons (Fsp3) is 0.692. The molecule has 0 aromatic heterocycles. The van der Waals surface area contributed by atoms with Gasteiger partial charge in [-0.25, -0.2) is 0 Å². The maximum atomic E-state index is 6.96. The van der Waals surface area contributed by atoms with Crippen molar-refractivity contribution >= 4 is 56.0 Å². The summed E-state index contributed by atoms with van der Waals surface area (Å²) in [5.74, 6) is 0.272. The van der Waals surface area contributed by atoms with E-state index >= 15 is 0 Å². The molecule has 0 amide bonds. The van der Waals surface area contributed by atoms with Gasteiger partial charge in [0, 0.05) is 40.3 Å². The molecule has 0 spiro atoms. The Hall–Kier alpha value is 0.328. The minimum Gasteiger partial charge on any atom is -0.418 e. The second kappa shape index (κ2) is 10.6. The third kappa shape index (κ3) is 6.80. The lowest BCUT2D eigenvalue weighted by Gasteiger charge is -2.40. The lowest BCUT2D eigenvalue weighted by Crippen LogP contribution is -2.50. The molecule has 0 saturated heterocycles. The largest absolute Gasteiger partial charge is 0.418 e. The van der Waals surface area contributed by atoms with E-state index in [9.17, 15) is 0 Å². The van der Waals surface area contributed by atoms with E-state index < -0.39 is 32.8 Å². The molecule has 0 fully saturated rings. The van der Waals surface area contributed by atoms with Crippen molar-refractivity contribution in [3.8, 4) is 0 Å². The van der Waals surface area contributed by atoms with E-state index in [4.69, 9.17) is 32.1 Å². The number of hydrogen-bond acceptors (Lipinski definition) is 2. The summed E-state index contributed by atoms with van der Waals surface area (Å²) in [5.41, 5.74) is 3.27. The minimum absolute atomic E-state index is 0.226. The molecule has 0 N–H and O–H groups in total. The molecule has 0 bridgehead atoms. The normalized spacial score (nSPS) is 21.1. The van der Waals surface area contributed by atoms with Crippen LogP contribution in [0, 0.1) is 5.92 Å². The Labute approximate surface area is 224 Å². The van der Waals surface area contributed by atoms with Crippen molar-refractivity contribution in [2.45, 2.75) is 111 Å². The average Bonchev–Trinajstić information content (AvgIpc) is 3.21. The Kier molecular flexibility index (Phi) is 9.52. The summed E-state index contributed by atoms with van der Waals surface area (Å²) < 4.78 is 13.2. The van der Waals surface area contributed by atoms with Crippen LogP contribution in [0.2, 0.25) is 65.5 Å². The van der Waals surface area contributed by atoms with Gasteiger partial charge in [0.05, 0.1) is 0 Å². The predicted octanol–water partition coefficient (Wildman–Crippen LogP) is 9.32. The predicted molar refractivity (Wildman–Crippen MR) is 163 cm³/mol. The van der Waals surface area contributed by atoms with Crippen LogP contribution in [0.3, 0.4) is 0 Å². The van der Waals surface area contributed by atoms with E-state index in [-0.39, 0.29) is 17.4 Å². The quantitative estimate of drug-likeness (QED) is 0.242. The summed E-state index contributed by atoms with van der Waals surface area (Å²) in [7, 11) is -7.20. The summed E-state index contributed by atoms with van der Waals surface area (Å²) in [4.78, 5) is 0. The lowest BCUT2D eigenvalue weighted by molar-refractivity contribution is 0.282. The highest BCUT2D eigenvalue weighted by Gasteiger charge is 2.45. The van der Waals surface area contributed by atoms with Crippen molar-refractivity contribution < 1.29 is 8.85 Å². The molecule has 0 saturated carbocycles. The zero-order chi connectivity index (χ0) is 26.4. The van der Waals surface area contributed by atoms with Crippen LogP contribution in [0.1, 0.15) is 33.6 Å². The highest BCUT2D eigenvalue weighted by molar-refractivity contribution is 6.88. The van der Waals surface area contributed by atoms with Crippen LogP contribution < -0.4 is 0 Å². The van der Waals surface area contributed by atoms with Gasteiger partial charge in [-0.2, -0.15) is 0 Å². The third-order valence-corrected chi connectivity index (χ3v) is 19.1. The first-order valence-corrected chi connectivity index (χ1v) is 26.5. The number of hydrogen-bond donors (Lipinski definition) is 0. The zero-order valence-corrected chi connectivity index (χ0v) is 29.4. The lowest BCUT2D eigenvalue weighted by atomic mass is 9.93. The van der Waals surface area contributed by atoms with Gasteiger partial charge in [0.15, 0.2) is 16.6 Å². The first kappa shape index (κ1) is 30.6. The van der Waals surface area contributed by atoms with Crippen LogP contribution in [0.5, 0.6) is 0 Å². The van der Waals surface area contributed by atoms with E-state index in [2.05, 4.69) is 98.4 Å². The zero-order valence-electron chi connectivity index (χ0n) is 23.9. The van der Waals surface area contributed by atoms with Gasteiger partial charge >= 0.3 is 0 Å². The summed E-state index contributed by atoms with van der Waals surface area (Å²) in [6.45, 7) is 30.2. The Morgan fingerprint density at radius 1 is 0.618 bits per heavy atom. The highest BCUT2D eigenvalue weighted by Crippen LogP contribution is 2.48. The van der Waals surface area contributed by atoms with E-state index in [0.29, 0.717) is 0 Å². The molecule has 0 aromatic carbocycles. The fourth-order valence-corrected chi connectivity index (χ4v) is 18.3. The van der Waals surface area contributed by atoms with Crippen molar-refractivity contribution in [2.24, 2.45) is 5.92 Å². The average molecular weight is 576 g/mol. The van der Waals surface area contributed by atoms with E-state index in [1.54, 1.807) is 0 Å². The summed E-state index contributed by atoms with van der Waals surface area (Å²) in [6, 6.07) is 0. The molecule has 8 heteroatoms. The molecule has 0 aromatic rings. The van der Waals surface area contributed by atoms with Crippen LogP contribution in [0.4, 0.5) is 0 Å². The molecule has 0 radical (unpaired) electrons. The molecule has 2 unspecified atom stereocenters. The van der Waals surface area contributed by atoms with Gasteiger partial charge in [-0.05, 0) is 74.7 Å². The van der Waals surface area contributed by atoms with E-state index in [1.807, 2.05) is 0 Å². The Morgan fingerprint density at radius 3 is 1.18 bits per heavy atom. The van der Waals surface area contributed by atoms with Crippen molar-refractivity contribution in [1.82, 2.24) is 0 Å². The Morgan fingerprint density at radius 2 is 0.912 bits per heavy atom. The van der Waals surface area contributed by atoms with Crippen LogP contribution in [-0.2, 0) is 8.85 Å². The van der Waals surface area contributed by atoms with Gasteiger partial charge in [-0.15, -0.1) is 0 Å². The maximum Gasteiger partial charge on any atom is 0.183 e. The molecular formula is C26H48Cl2O2Si4. The van der Waals surface area contributed by atoms with Crippen LogP contribution >= 0.6 is 23.2 Å². The second-order valence-corrected chi connectivity index (χ2v) is 32.5. The van der Waals surface area contributed by atoms with Crippen molar-refractivity contribution in [3.63, 3.8) is 0 Å². The number of rotatable bonds is 10. The molecule has 2 aliphatic carbocycles. The fourth-order valence-electron chi connectivity index (χ4n) is 5.28. The maximum absolute atomic E-state index is 6.96. The summed E-state index contributed by atoms with van der Waals surface area (Å²) in [5, 5.41) is 4.85. The molecule has 2 atom stereocenters. The Bertz CT molecular complexity index is 844. The molecular weight excluding hydrogens is 528 g/mol. The first-order chi connectivity index (χ1) is 15.2. The monoisotopic (exact) mass is 574 g/mol. The molecule has 194 valence electrons. The van der Waals surface area contributed by atoms with Gasteiger partial charge < -0.3 is 8.85 Å². The van der Waals surface area contributed by atoms with Crippen molar-refractivity contribution in [3.05, 3.63) is 43.8 Å². The molecule has 2 rings (SSSR count). The van der Waals surface area contributed by atoms with Crippen LogP contribution in [0.15, 0.2) is 43.8 Å². The third-order valence-electron chi connectivity index (χ3n) is 7.44. The van der Waals surface area contributed by atoms with Crippen molar-refractivity contribution in [1.29, 1.82) is 0 Å². The molecule has 2 aliphatic rings. The molecule has 34 heavy (non-hydrogen) atoms.